The van der Waals surface area contributed by atoms with E-state index in [1.54, 1.807) is 0 Å². The molecule has 4 nitrogen and oxygen atoms in total. The van der Waals surface area contributed by atoms with Gasteiger partial charge >= 0.3 is 0 Å². The van der Waals surface area contributed by atoms with E-state index >= 15 is 0 Å². The van der Waals surface area contributed by atoms with Crippen LogP contribution in [-0.4, -0.2) is 20.6 Å². The summed E-state index contributed by atoms with van der Waals surface area (Å²) < 4.78 is 22.8. The fourth-order valence-electron chi connectivity index (χ4n) is 2.16. The summed E-state index contributed by atoms with van der Waals surface area (Å²) in [5.74, 6) is 0.0391. The Hall–Kier alpha value is -2.14. The highest BCUT2D eigenvalue weighted by molar-refractivity contribution is 7.90. The number of nitrogens with one attached hydrogen (secondary N) is 1. The molecule has 0 saturated heterocycles. The second-order valence-corrected chi connectivity index (χ2v) is 7.51. The van der Waals surface area contributed by atoms with Gasteiger partial charge in [0.15, 0.2) is 9.84 Å². The van der Waals surface area contributed by atoms with E-state index in [4.69, 9.17) is 0 Å². The molecule has 0 aliphatic carbocycles. The average Bonchev–Trinajstić information content (AvgIpc) is 2.46. The van der Waals surface area contributed by atoms with E-state index in [1.165, 1.54) is 24.3 Å². The minimum absolute atomic E-state index is 0.201. The van der Waals surface area contributed by atoms with Crippen molar-refractivity contribution in [2.24, 2.45) is 0 Å². The molecule has 2 aromatic carbocycles. The Morgan fingerprint density at radius 3 is 2.14 bits per heavy atom. The van der Waals surface area contributed by atoms with Gasteiger partial charge in [0.1, 0.15) is 0 Å². The lowest BCUT2D eigenvalue weighted by molar-refractivity contribution is 0.102. The molecule has 0 unspecified atom stereocenters. The van der Waals surface area contributed by atoms with Gasteiger partial charge in [-0.25, -0.2) is 8.42 Å². The highest BCUT2D eigenvalue weighted by Gasteiger charge is 2.12. The average molecular weight is 317 g/mol. The molecule has 0 aliphatic heterocycles. The molecular formula is C17H19NO3S. The Morgan fingerprint density at radius 1 is 1.00 bits per heavy atom. The quantitative estimate of drug-likeness (QED) is 0.939. The van der Waals surface area contributed by atoms with Crippen molar-refractivity contribution in [1.82, 2.24) is 0 Å². The maximum Gasteiger partial charge on any atom is 0.255 e. The van der Waals surface area contributed by atoms with Gasteiger partial charge in [-0.2, -0.15) is 0 Å². The minimum atomic E-state index is -3.25. The fourth-order valence-corrected chi connectivity index (χ4v) is 2.79. The zero-order valence-electron chi connectivity index (χ0n) is 12.8. The third kappa shape index (κ3) is 3.74. The number of sulfone groups is 1. The molecule has 0 bridgehead atoms. The number of benzene rings is 2. The van der Waals surface area contributed by atoms with E-state index in [9.17, 15) is 13.2 Å². The Morgan fingerprint density at radius 2 is 1.59 bits per heavy atom. The first-order valence-corrected chi connectivity index (χ1v) is 8.88. The fraction of sp³-hybridized carbons (Fsp3) is 0.235. The predicted molar refractivity (Wildman–Crippen MR) is 88.0 cm³/mol. The Balaban J connectivity index is 2.23. The number of carbonyl (C=O) groups is 1. The zero-order chi connectivity index (χ0) is 16.3. The Kier molecular flexibility index (Phi) is 4.66. The van der Waals surface area contributed by atoms with Gasteiger partial charge in [-0.3, -0.25) is 4.79 Å². The number of hydrogen-bond acceptors (Lipinski definition) is 3. The summed E-state index contributed by atoms with van der Waals surface area (Å²) in [5, 5.41) is 2.88. The van der Waals surface area contributed by atoms with E-state index in [0.29, 0.717) is 11.5 Å². The Bertz CT molecular complexity index is 778. The highest BCUT2D eigenvalue weighted by atomic mass is 32.2. The molecule has 1 amide bonds. The van der Waals surface area contributed by atoms with Gasteiger partial charge in [0, 0.05) is 17.5 Å². The molecule has 22 heavy (non-hydrogen) atoms. The molecule has 1 N–H and O–H groups in total. The summed E-state index contributed by atoms with van der Waals surface area (Å²) in [7, 11) is -3.25. The second-order valence-electron chi connectivity index (χ2n) is 5.49. The van der Waals surface area contributed by atoms with Gasteiger partial charge < -0.3 is 5.32 Å². The normalized spacial score (nSPS) is 11.5. The molecule has 2 aromatic rings. The lowest BCUT2D eigenvalue weighted by Gasteiger charge is -2.13. The monoisotopic (exact) mass is 317 g/mol. The van der Waals surface area contributed by atoms with Gasteiger partial charge in [0.25, 0.3) is 5.91 Å². The molecule has 0 aliphatic rings. The largest absolute Gasteiger partial charge is 0.322 e. The number of anilines is 1. The lowest BCUT2D eigenvalue weighted by atomic mass is 10.0. The molecule has 0 radical (unpaired) electrons. The maximum absolute atomic E-state index is 12.3. The molecule has 0 spiro atoms. The van der Waals surface area contributed by atoms with Gasteiger partial charge in [0.05, 0.1) is 4.90 Å². The van der Waals surface area contributed by atoms with Crippen molar-refractivity contribution >= 4 is 21.4 Å². The highest BCUT2D eigenvalue weighted by Crippen LogP contribution is 2.24. The van der Waals surface area contributed by atoms with Crippen molar-refractivity contribution < 1.29 is 13.2 Å². The molecule has 5 heteroatoms. The molecular weight excluding hydrogens is 298 g/mol. The number of hydrogen-bond donors (Lipinski definition) is 1. The Labute approximate surface area is 131 Å². The molecule has 116 valence electrons. The van der Waals surface area contributed by atoms with Crippen molar-refractivity contribution in [1.29, 1.82) is 0 Å². The minimum Gasteiger partial charge on any atom is -0.322 e. The first-order valence-electron chi connectivity index (χ1n) is 6.99. The predicted octanol–water partition coefficient (Wildman–Crippen LogP) is 3.47. The van der Waals surface area contributed by atoms with Gasteiger partial charge in [0.2, 0.25) is 0 Å². The van der Waals surface area contributed by atoms with Crippen LogP contribution in [0.15, 0.2) is 53.4 Å². The van der Waals surface area contributed by atoms with Crippen LogP contribution < -0.4 is 5.32 Å². The smallest absolute Gasteiger partial charge is 0.255 e. The number of rotatable bonds is 4. The number of carbonyl (C=O) groups excluding carboxylic acids is 1. The second kappa shape index (κ2) is 6.32. The van der Waals surface area contributed by atoms with Crippen LogP contribution in [0, 0.1) is 0 Å². The van der Waals surface area contributed by atoms with Crippen LogP contribution >= 0.6 is 0 Å². The van der Waals surface area contributed by atoms with Crippen molar-refractivity contribution in [2.75, 3.05) is 11.6 Å². The first-order chi connectivity index (χ1) is 10.3. The van der Waals surface area contributed by atoms with E-state index in [-0.39, 0.29) is 10.8 Å². The molecule has 0 atom stereocenters. The van der Waals surface area contributed by atoms with Crippen LogP contribution in [0.5, 0.6) is 0 Å². The van der Waals surface area contributed by atoms with Crippen molar-refractivity contribution in [2.45, 2.75) is 24.7 Å². The molecule has 0 heterocycles. The van der Waals surface area contributed by atoms with Crippen molar-refractivity contribution in [3.63, 3.8) is 0 Å². The third-order valence-electron chi connectivity index (χ3n) is 3.38. The molecule has 2 rings (SSSR count). The van der Waals surface area contributed by atoms with Crippen LogP contribution in [0.4, 0.5) is 5.69 Å². The molecule has 0 saturated carbocycles. The summed E-state index contributed by atoms with van der Waals surface area (Å²) in [4.78, 5) is 12.5. The number of para-hydroxylation sites is 1. The van der Waals surface area contributed by atoms with Gasteiger partial charge in [-0.1, -0.05) is 32.0 Å². The summed E-state index contributed by atoms with van der Waals surface area (Å²) in [5.41, 5.74) is 2.25. The number of amides is 1. The summed E-state index contributed by atoms with van der Waals surface area (Å²) >= 11 is 0. The van der Waals surface area contributed by atoms with Crippen LogP contribution in [0.3, 0.4) is 0 Å². The lowest BCUT2D eigenvalue weighted by Crippen LogP contribution is -2.13. The summed E-state index contributed by atoms with van der Waals surface area (Å²) in [6.45, 7) is 4.12. The third-order valence-corrected chi connectivity index (χ3v) is 4.50. The summed E-state index contributed by atoms with van der Waals surface area (Å²) in [6, 6.07) is 13.6. The van der Waals surface area contributed by atoms with Crippen LogP contribution in [0.2, 0.25) is 0 Å². The van der Waals surface area contributed by atoms with Crippen molar-refractivity contribution in [3.8, 4) is 0 Å². The van der Waals surface area contributed by atoms with Crippen molar-refractivity contribution in [3.05, 3.63) is 59.7 Å². The molecule has 0 aromatic heterocycles. The maximum atomic E-state index is 12.3. The summed E-state index contributed by atoms with van der Waals surface area (Å²) in [6.07, 6.45) is 1.14. The van der Waals surface area contributed by atoms with E-state index in [1.807, 2.05) is 24.3 Å². The van der Waals surface area contributed by atoms with E-state index in [2.05, 4.69) is 19.2 Å². The zero-order valence-corrected chi connectivity index (χ0v) is 13.6. The van der Waals surface area contributed by atoms with Crippen LogP contribution in [0.1, 0.15) is 35.7 Å². The SMILES string of the molecule is CC(C)c1ccccc1NC(=O)c1ccc(S(C)(=O)=O)cc1. The van der Waals surface area contributed by atoms with Gasteiger partial charge in [-0.15, -0.1) is 0 Å². The van der Waals surface area contributed by atoms with Gasteiger partial charge in [-0.05, 0) is 41.8 Å². The van der Waals surface area contributed by atoms with E-state index < -0.39 is 9.84 Å². The topological polar surface area (TPSA) is 63.2 Å². The first kappa shape index (κ1) is 16.2. The van der Waals surface area contributed by atoms with Crippen LogP contribution in [-0.2, 0) is 9.84 Å². The van der Waals surface area contributed by atoms with E-state index in [0.717, 1.165) is 17.5 Å². The molecule has 0 fully saturated rings. The standard InChI is InChI=1S/C17H19NO3S/c1-12(2)15-6-4-5-7-16(15)18-17(19)13-8-10-14(11-9-13)22(3,20)21/h4-12H,1-3H3,(H,18,19). The van der Waals surface area contributed by atoms with Crippen LogP contribution in [0.25, 0.3) is 0 Å².